The molecule has 134 valence electrons. The number of aromatic nitrogens is 2. The first kappa shape index (κ1) is 18.5. The maximum atomic E-state index is 12.8. The lowest BCUT2D eigenvalue weighted by Crippen LogP contribution is -2.27. The summed E-state index contributed by atoms with van der Waals surface area (Å²) in [5, 5.41) is 2.69. The van der Waals surface area contributed by atoms with E-state index in [9.17, 15) is 18.0 Å². The molecule has 25 heavy (non-hydrogen) atoms. The van der Waals surface area contributed by atoms with Crippen molar-refractivity contribution in [1.29, 1.82) is 0 Å². The fourth-order valence-corrected chi connectivity index (χ4v) is 2.04. The van der Waals surface area contributed by atoms with Gasteiger partial charge in [0.2, 0.25) is 5.95 Å². The Morgan fingerprint density at radius 3 is 2.68 bits per heavy atom. The minimum Gasteiger partial charge on any atom is -0.365 e. The maximum Gasteiger partial charge on any atom is 0.416 e. The van der Waals surface area contributed by atoms with Gasteiger partial charge in [-0.05, 0) is 18.2 Å². The lowest BCUT2D eigenvalue weighted by Gasteiger charge is -2.18. The van der Waals surface area contributed by atoms with Crippen molar-refractivity contribution in [2.24, 2.45) is 11.5 Å². The molecular formula is C15H17F3N6O. The largest absolute Gasteiger partial charge is 0.416 e. The fraction of sp³-hybridized carbons (Fsp3) is 0.267. The van der Waals surface area contributed by atoms with Gasteiger partial charge in [-0.1, -0.05) is 6.07 Å². The maximum absolute atomic E-state index is 12.8. The summed E-state index contributed by atoms with van der Waals surface area (Å²) in [6.45, 7) is 0.812. The van der Waals surface area contributed by atoms with Crippen LogP contribution in [0.2, 0.25) is 0 Å². The zero-order valence-electron chi connectivity index (χ0n) is 13.3. The molecule has 1 heterocycles. The summed E-state index contributed by atoms with van der Waals surface area (Å²) in [5.41, 5.74) is 10.00. The second-order valence-corrected chi connectivity index (χ2v) is 5.21. The SMILES string of the molecule is CN(CCN)c1ncc(C(N)=O)c(Nc2cccc(C(F)(F)F)c2)n1. The molecule has 10 heteroatoms. The minimum atomic E-state index is -4.48. The molecule has 0 saturated carbocycles. The zero-order chi connectivity index (χ0) is 18.6. The highest BCUT2D eigenvalue weighted by Gasteiger charge is 2.30. The normalized spacial score (nSPS) is 11.2. The average Bonchev–Trinajstić information content (AvgIpc) is 2.54. The van der Waals surface area contributed by atoms with Gasteiger partial charge in [-0.25, -0.2) is 4.98 Å². The van der Waals surface area contributed by atoms with E-state index in [2.05, 4.69) is 15.3 Å². The van der Waals surface area contributed by atoms with Crippen molar-refractivity contribution in [2.45, 2.75) is 6.18 Å². The number of hydrogen-bond donors (Lipinski definition) is 3. The Hall–Kier alpha value is -2.88. The van der Waals surface area contributed by atoms with E-state index < -0.39 is 17.6 Å². The van der Waals surface area contributed by atoms with Gasteiger partial charge in [-0.3, -0.25) is 4.79 Å². The molecule has 0 atom stereocenters. The van der Waals surface area contributed by atoms with E-state index in [0.29, 0.717) is 13.1 Å². The van der Waals surface area contributed by atoms with Crippen LogP contribution in [0.3, 0.4) is 0 Å². The van der Waals surface area contributed by atoms with Crippen LogP contribution >= 0.6 is 0 Å². The molecule has 2 rings (SSSR count). The fourth-order valence-electron chi connectivity index (χ4n) is 2.04. The van der Waals surface area contributed by atoms with Crippen molar-refractivity contribution >= 4 is 23.4 Å². The van der Waals surface area contributed by atoms with Gasteiger partial charge in [-0.2, -0.15) is 18.2 Å². The highest BCUT2D eigenvalue weighted by Crippen LogP contribution is 2.31. The van der Waals surface area contributed by atoms with E-state index >= 15 is 0 Å². The molecule has 0 radical (unpaired) electrons. The summed E-state index contributed by atoms with van der Waals surface area (Å²) >= 11 is 0. The van der Waals surface area contributed by atoms with E-state index in [4.69, 9.17) is 11.5 Å². The number of primary amides is 1. The number of likely N-dealkylation sites (N-methyl/N-ethyl adjacent to an activating group) is 1. The van der Waals surface area contributed by atoms with E-state index in [1.165, 1.54) is 18.3 Å². The van der Waals surface area contributed by atoms with Gasteiger partial charge in [0, 0.05) is 32.0 Å². The van der Waals surface area contributed by atoms with Crippen molar-refractivity contribution < 1.29 is 18.0 Å². The Morgan fingerprint density at radius 2 is 2.08 bits per heavy atom. The Kier molecular flexibility index (Phi) is 5.42. The molecule has 0 bridgehead atoms. The monoisotopic (exact) mass is 354 g/mol. The van der Waals surface area contributed by atoms with Crippen LogP contribution in [0.15, 0.2) is 30.5 Å². The topological polar surface area (TPSA) is 110 Å². The zero-order valence-corrected chi connectivity index (χ0v) is 13.3. The van der Waals surface area contributed by atoms with E-state index in [1.54, 1.807) is 11.9 Å². The third kappa shape index (κ3) is 4.57. The van der Waals surface area contributed by atoms with E-state index in [-0.39, 0.29) is 23.0 Å². The smallest absolute Gasteiger partial charge is 0.365 e. The molecule has 0 unspecified atom stereocenters. The first-order chi connectivity index (χ1) is 11.7. The summed E-state index contributed by atoms with van der Waals surface area (Å²) < 4.78 is 38.5. The average molecular weight is 354 g/mol. The summed E-state index contributed by atoms with van der Waals surface area (Å²) in [6, 6.07) is 4.53. The molecule has 0 aliphatic heterocycles. The summed E-state index contributed by atoms with van der Waals surface area (Å²) in [6.07, 6.45) is -3.27. The molecule has 0 fully saturated rings. The van der Waals surface area contributed by atoms with Gasteiger partial charge in [0.25, 0.3) is 5.91 Å². The predicted molar refractivity (Wildman–Crippen MR) is 87.6 cm³/mol. The quantitative estimate of drug-likeness (QED) is 0.729. The molecule has 2 aromatic rings. The Balaban J connectivity index is 2.40. The molecule has 5 N–H and O–H groups in total. The Labute approximate surface area is 141 Å². The summed E-state index contributed by atoms with van der Waals surface area (Å²) in [4.78, 5) is 21.4. The first-order valence-corrected chi connectivity index (χ1v) is 7.24. The lowest BCUT2D eigenvalue weighted by atomic mass is 10.2. The number of nitrogens with one attached hydrogen (secondary N) is 1. The van der Waals surface area contributed by atoms with Crippen LogP contribution in [0.4, 0.5) is 30.6 Å². The van der Waals surface area contributed by atoms with Gasteiger partial charge in [0.1, 0.15) is 11.4 Å². The predicted octanol–water partition coefficient (Wildman–Crippen LogP) is 1.73. The van der Waals surface area contributed by atoms with Crippen LogP contribution < -0.4 is 21.7 Å². The molecule has 1 aromatic carbocycles. The van der Waals surface area contributed by atoms with E-state index in [0.717, 1.165) is 12.1 Å². The standard InChI is InChI=1S/C15H17F3N6O/c1-24(6-5-19)14-21-8-11(12(20)25)13(23-14)22-10-4-2-3-9(7-10)15(16,17)18/h2-4,7-8H,5-6,19H2,1H3,(H2,20,25)(H,21,22,23). The van der Waals surface area contributed by atoms with Crippen molar-refractivity contribution in [3.8, 4) is 0 Å². The van der Waals surface area contributed by atoms with Crippen LogP contribution in [0.1, 0.15) is 15.9 Å². The number of carbonyl (C=O) groups is 1. The Bertz CT molecular complexity index is 765. The number of hydrogen-bond acceptors (Lipinski definition) is 6. The van der Waals surface area contributed by atoms with Crippen molar-refractivity contribution in [2.75, 3.05) is 30.4 Å². The van der Waals surface area contributed by atoms with Gasteiger partial charge < -0.3 is 21.7 Å². The summed E-state index contributed by atoms with van der Waals surface area (Å²) in [7, 11) is 1.69. The molecular weight excluding hydrogens is 337 g/mol. The Morgan fingerprint density at radius 1 is 1.36 bits per heavy atom. The lowest BCUT2D eigenvalue weighted by molar-refractivity contribution is -0.137. The van der Waals surface area contributed by atoms with Crippen LogP contribution in [0.5, 0.6) is 0 Å². The minimum absolute atomic E-state index is 0.0145. The third-order valence-electron chi connectivity index (χ3n) is 3.30. The highest BCUT2D eigenvalue weighted by molar-refractivity contribution is 5.98. The van der Waals surface area contributed by atoms with Gasteiger partial charge in [0.15, 0.2) is 0 Å². The first-order valence-electron chi connectivity index (χ1n) is 7.24. The van der Waals surface area contributed by atoms with Gasteiger partial charge in [-0.15, -0.1) is 0 Å². The number of anilines is 3. The summed E-state index contributed by atoms with van der Waals surface area (Å²) in [5.74, 6) is -0.534. The molecule has 0 aliphatic carbocycles. The second kappa shape index (κ2) is 7.34. The number of carbonyl (C=O) groups excluding carboxylic acids is 1. The van der Waals surface area contributed by atoms with Crippen LogP contribution in [-0.2, 0) is 6.18 Å². The van der Waals surface area contributed by atoms with Crippen molar-refractivity contribution in [1.82, 2.24) is 9.97 Å². The number of amides is 1. The number of alkyl halides is 3. The van der Waals surface area contributed by atoms with Crippen LogP contribution in [0.25, 0.3) is 0 Å². The second-order valence-electron chi connectivity index (χ2n) is 5.21. The molecule has 7 nitrogen and oxygen atoms in total. The van der Waals surface area contributed by atoms with Crippen LogP contribution in [0, 0.1) is 0 Å². The van der Waals surface area contributed by atoms with Gasteiger partial charge >= 0.3 is 6.18 Å². The number of halogens is 3. The van der Waals surface area contributed by atoms with Gasteiger partial charge in [0.05, 0.1) is 5.56 Å². The molecule has 0 spiro atoms. The van der Waals surface area contributed by atoms with E-state index in [1.807, 2.05) is 0 Å². The number of benzene rings is 1. The highest BCUT2D eigenvalue weighted by atomic mass is 19.4. The number of nitrogens with two attached hydrogens (primary N) is 2. The molecule has 1 aromatic heterocycles. The molecule has 0 aliphatic rings. The van der Waals surface area contributed by atoms with Crippen molar-refractivity contribution in [3.05, 3.63) is 41.6 Å². The molecule has 1 amide bonds. The number of nitrogens with zero attached hydrogens (tertiary/aromatic N) is 3. The third-order valence-corrected chi connectivity index (χ3v) is 3.30. The van der Waals surface area contributed by atoms with Crippen molar-refractivity contribution in [3.63, 3.8) is 0 Å². The number of rotatable bonds is 6. The van der Waals surface area contributed by atoms with Crippen LogP contribution in [-0.4, -0.2) is 36.0 Å². The molecule has 0 saturated heterocycles.